The minimum absolute atomic E-state index is 0.0696. The fourth-order valence-electron chi connectivity index (χ4n) is 6.67. The molecule has 0 saturated heterocycles. The standard InChI is InChI=1S/C31H34BrN5O5/c1-2-37-33-15-20(34-37)18-42-27-12-11-25(32)24-13-14-36(30(39)22-9-5-6-10-23(22)31(40)41)26(28(24)27)17-35-16-19-7-3-4-8-21(19)29(35)38/h3-4,7-8,11-12,15,22-23,26H,2,5-6,9-10,13-14,16-18H2,1H3,(H,40,41)/t22?,23-,26-/m1/s1. The summed E-state index contributed by atoms with van der Waals surface area (Å²) in [6, 6.07) is 10.9. The zero-order valence-corrected chi connectivity index (χ0v) is 25.1. The molecule has 3 atom stereocenters. The Kier molecular flexibility index (Phi) is 8.02. The molecule has 2 amide bonds. The number of aliphatic carboxylic acids is 1. The normalized spacial score (nSPS) is 21.7. The van der Waals surface area contributed by atoms with E-state index >= 15 is 0 Å². The van der Waals surface area contributed by atoms with E-state index in [2.05, 4.69) is 26.1 Å². The predicted octanol–water partition coefficient (Wildman–Crippen LogP) is 4.61. The maximum atomic E-state index is 14.3. The summed E-state index contributed by atoms with van der Waals surface area (Å²) >= 11 is 3.72. The van der Waals surface area contributed by atoms with E-state index in [-0.39, 0.29) is 25.0 Å². The fourth-order valence-corrected chi connectivity index (χ4v) is 7.21. The van der Waals surface area contributed by atoms with Gasteiger partial charge in [0.15, 0.2) is 0 Å². The van der Waals surface area contributed by atoms with Gasteiger partial charge in [0.05, 0.1) is 30.6 Å². The van der Waals surface area contributed by atoms with Crippen molar-refractivity contribution in [1.29, 1.82) is 0 Å². The van der Waals surface area contributed by atoms with Crippen LogP contribution in [0.5, 0.6) is 5.75 Å². The summed E-state index contributed by atoms with van der Waals surface area (Å²) in [7, 11) is 0. The van der Waals surface area contributed by atoms with Gasteiger partial charge in [-0.25, -0.2) is 0 Å². The Balaban J connectivity index is 1.37. The van der Waals surface area contributed by atoms with Crippen LogP contribution in [-0.4, -0.2) is 60.8 Å². The lowest BCUT2D eigenvalue weighted by Gasteiger charge is -2.43. The summed E-state index contributed by atoms with van der Waals surface area (Å²) in [5, 5.41) is 18.6. The molecule has 42 heavy (non-hydrogen) atoms. The van der Waals surface area contributed by atoms with Gasteiger partial charge in [-0.15, -0.1) is 0 Å². The number of carbonyl (C=O) groups is 3. The maximum absolute atomic E-state index is 14.3. The Morgan fingerprint density at radius 2 is 1.90 bits per heavy atom. The van der Waals surface area contributed by atoms with E-state index in [1.807, 2.05) is 48.2 Å². The highest BCUT2D eigenvalue weighted by Crippen LogP contribution is 2.43. The third-order valence-electron chi connectivity index (χ3n) is 8.79. The number of nitrogens with zero attached hydrogens (tertiary/aromatic N) is 5. The van der Waals surface area contributed by atoms with Crippen LogP contribution in [0.15, 0.2) is 47.1 Å². The molecule has 1 N–H and O–H groups in total. The molecule has 1 aliphatic carbocycles. The molecule has 6 rings (SSSR count). The highest BCUT2D eigenvalue weighted by atomic mass is 79.9. The first kappa shape index (κ1) is 28.4. The minimum Gasteiger partial charge on any atom is -0.487 e. The maximum Gasteiger partial charge on any atom is 0.307 e. The zero-order chi connectivity index (χ0) is 29.4. The molecular formula is C31H34BrN5O5. The Hall–Kier alpha value is -3.73. The molecule has 3 heterocycles. The first-order chi connectivity index (χ1) is 20.4. The quantitative estimate of drug-likeness (QED) is 0.384. The fraction of sp³-hybridized carbons (Fsp3) is 0.452. The lowest BCUT2D eigenvalue weighted by molar-refractivity contribution is -0.153. The summed E-state index contributed by atoms with van der Waals surface area (Å²) in [4.78, 5) is 45.1. The number of carbonyl (C=O) groups excluding carboxylic acids is 2. The van der Waals surface area contributed by atoms with Gasteiger partial charge in [-0.1, -0.05) is 47.0 Å². The summed E-state index contributed by atoms with van der Waals surface area (Å²) in [5.41, 5.74) is 4.19. The summed E-state index contributed by atoms with van der Waals surface area (Å²) in [6.45, 7) is 3.97. The summed E-state index contributed by atoms with van der Waals surface area (Å²) < 4.78 is 7.26. The molecule has 11 heteroatoms. The molecule has 10 nitrogen and oxygen atoms in total. The van der Waals surface area contributed by atoms with Crippen LogP contribution in [0, 0.1) is 11.8 Å². The van der Waals surface area contributed by atoms with Crippen molar-refractivity contribution in [2.24, 2.45) is 11.8 Å². The van der Waals surface area contributed by atoms with Crippen LogP contribution in [0.1, 0.15) is 71.4 Å². The number of aromatic nitrogens is 3. The summed E-state index contributed by atoms with van der Waals surface area (Å²) in [5.74, 6) is -1.82. The number of hydrogen-bond donors (Lipinski definition) is 1. The second-order valence-corrected chi connectivity index (χ2v) is 12.1. The van der Waals surface area contributed by atoms with Crippen molar-refractivity contribution < 1.29 is 24.2 Å². The number of amides is 2. The molecule has 0 bridgehead atoms. The number of hydrogen-bond acceptors (Lipinski definition) is 6. The van der Waals surface area contributed by atoms with E-state index in [0.717, 1.165) is 34.0 Å². The number of rotatable bonds is 8. The Morgan fingerprint density at radius 3 is 2.64 bits per heavy atom. The molecule has 1 fully saturated rings. The van der Waals surface area contributed by atoms with Crippen molar-refractivity contribution in [3.8, 4) is 5.75 Å². The van der Waals surface area contributed by atoms with Crippen LogP contribution in [0.25, 0.3) is 0 Å². The van der Waals surface area contributed by atoms with Gasteiger partial charge in [0.2, 0.25) is 5.91 Å². The summed E-state index contributed by atoms with van der Waals surface area (Å²) in [6.07, 6.45) is 4.94. The molecule has 3 aromatic rings. The number of aryl methyl sites for hydroxylation is 1. The third kappa shape index (κ3) is 5.30. The van der Waals surface area contributed by atoms with Crippen molar-refractivity contribution in [3.63, 3.8) is 0 Å². The molecular weight excluding hydrogens is 602 g/mol. The molecule has 3 aliphatic rings. The second kappa shape index (κ2) is 11.9. The van der Waals surface area contributed by atoms with Crippen LogP contribution >= 0.6 is 15.9 Å². The van der Waals surface area contributed by atoms with Crippen LogP contribution in [-0.2, 0) is 35.7 Å². The van der Waals surface area contributed by atoms with E-state index in [4.69, 9.17) is 4.74 Å². The highest BCUT2D eigenvalue weighted by Gasteiger charge is 2.44. The largest absolute Gasteiger partial charge is 0.487 e. The second-order valence-electron chi connectivity index (χ2n) is 11.2. The number of halogens is 1. The van der Waals surface area contributed by atoms with Gasteiger partial charge in [0.25, 0.3) is 5.91 Å². The number of ether oxygens (including phenoxy) is 1. The number of benzene rings is 2. The lowest BCUT2D eigenvalue weighted by atomic mass is 9.77. The van der Waals surface area contributed by atoms with Crippen molar-refractivity contribution in [2.45, 2.75) is 64.8 Å². The van der Waals surface area contributed by atoms with Crippen molar-refractivity contribution in [2.75, 3.05) is 13.1 Å². The molecule has 1 aromatic heterocycles. The average molecular weight is 637 g/mol. The number of carboxylic acid groups (broad SMARTS) is 1. The monoisotopic (exact) mass is 635 g/mol. The predicted molar refractivity (Wildman–Crippen MR) is 157 cm³/mol. The number of fused-ring (bicyclic) bond motifs is 2. The lowest BCUT2D eigenvalue weighted by Crippen LogP contribution is -2.50. The molecule has 2 aliphatic heterocycles. The minimum atomic E-state index is -0.918. The van der Waals surface area contributed by atoms with Gasteiger partial charge in [0, 0.05) is 35.2 Å². The molecule has 0 spiro atoms. The molecule has 0 radical (unpaired) electrons. The van der Waals surface area contributed by atoms with Gasteiger partial charge in [0.1, 0.15) is 18.1 Å². The third-order valence-corrected chi connectivity index (χ3v) is 9.53. The average Bonchev–Trinajstić information content (AvgIpc) is 3.60. The van der Waals surface area contributed by atoms with Gasteiger partial charge in [-0.3, -0.25) is 14.4 Å². The Morgan fingerprint density at radius 1 is 1.12 bits per heavy atom. The number of carboxylic acids is 1. The first-order valence-corrected chi connectivity index (χ1v) is 15.4. The van der Waals surface area contributed by atoms with Gasteiger partial charge >= 0.3 is 5.97 Å². The SMILES string of the molecule is CCn1ncc(COc2ccc(Br)c3c2[C@@H](CN2Cc4ccccc4C2=O)N(C(=O)C2CCCC[C@H]2C(=O)O)CC3)n1. The zero-order valence-electron chi connectivity index (χ0n) is 23.5. The van der Waals surface area contributed by atoms with E-state index < -0.39 is 23.8 Å². The first-order valence-electron chi connectivity index (χ1n) is 14.6. The van der Waals surface area contributed by atoms with Crippen LogP contribution in [0.4, 0.5) is 0 Å². The van der Waals surface area contributed by atoms with E-state index in [9.17, 15) is 19.5 Å². The Labute approximate surface area is 252 Å². The van der Waals surface area contributed by atoms with Crippen LogP contribution in [0.3, 0.4) is 0 Å². The topological polar surface area (TPSA) is 118 Å². The molecule has 2 aromatic carbocycles. The molecule has 1 unspecified atom stereocenters. The van der Waals surface area contributed by atoms with Gasteiger partial charge in [-0.05, 0) is 55.5 Å². The molecule has 1 saturated carbocycles. The van der Waals surface area contributed by atoms with E-state index in [1.54, 1.807) is 15.9 Å². The van der Waals surface area contributed by atoms with Crippen molar-refractivity contribution in [1.82, 2.24) is 24.8 Å². The van der Waals surface area contributed by atoms with Crippen molar-refractivity contribution >= 4 is 33.7 Å². The van der Waals surface area contributed by atoms with Crippen LogP contribution in [0.2, 0.25) is 0 Å². The van der Waals surface area contributed by atoms with Crippen molar-refractivity contribution in [3.05, 3.63) is 75.0 Å². The van der Waals surface area contributed by atoms with E-state index in [1.165, 1.54) is 0 Å². The Bertz CT molecular complexity index is 1520. The molecule has 220 valence electrons. The van der Waals surface area contributed by atoms with Gasteiger partial charge in [-0.2, -0.15) is 15.0 Å². The van der Waals surface area contributed by atoms with Gasteiger partial charge < -0.3 is 19.6 Å². The smallest absolute Gasteiger partial charge is 0.307 e. The highest BCUT2D eigenvalue weighted by molar-refractivity contribution is 9.10. The van der Waals surface area contributed by atoms with E-state index in [0.29, 0.717) is 55.9 Å². The van der Waals surface area contributed by atoms with Crippen LogP contribution < -0.4 is 4.74 Å².